The molecule has 2 saturated heterocycles. The van der Waals surface area contributed by atoms with E-state index in [0.29, 0.717) is 76.2 Å². The van der Waals surface area contributed by atoms with Crippen LogP contribution < -0.4 is 0 Å². The normalized spacial score (nSPS) is 36.8. The van der Waals surface area contributed by atoms with Crippen LogP contribution in [0.1, 0.15) is 166 Å². The summed E-state index contributed by atoms with van der Waals surface area (Å²) in [4.78, 5) is 73.0. The van der Waals surface area contributed by atoms with Crippen LogP contribution in [0, 0.1) is 35.5 Å². The third-order valence-electron chi connectivity index (χ3n) is 16.6. The number of nitrogens with zero attached hydrogens (tertiary/aromatic N) is 1. The van der Waals surface area contributed by atoms with Gasteiger partial charge in [-0.25, -0.2) is 4.79 Å². The molecule has 15 nitrogen and oxygen atoms in total. The number of Topliss-reactive ketones (excluding diaryl/α,β-unsaturated/α-hetero) is 3. The minimum atomic E-state index is -2.49. The van der Waals surface area contributed by atoms with Gasteiger partial charge >= 0.3 is 5.97 Å². The number of piperidine rings is 1. The van der Waals surface area contributed by atoms with Crippen molar-refractivity contribution in [3.05, 3.63) is 47.6 Å². The predicted molar refractivity (Wildman–Crippen MR) is 296 cm³/mol. The smallest absolute Gasteiger partial charge is 0.329 e. The van der Waals surface area contributed by atoms with Gasteiger partial charge in [-0.15, -0.1) is 0 Å². The third kappa shape index (κ3) is 18.8. The Morgan fingerprint density at radius 2 is 1.58 bits per heavy atom. The molecule has 15 atom stereocenters. The number of ether oxygens (including phenoxy) is 5. The molecule has 432 valence electrons. The topological polar surface area (TPSA) is 216 Å². The summed E-state index contributed by atoms with van der Waals surface area (Å²) < 4.78 is 30.7. The fraction of sp³-hybridized carbons (Fsp3) is 0.783. The van der Waals surface area contributed by atoms with Crippen LogP contribution >= 0.6 is 11.8 Å². The second-order valence-corrected chi connectivity index (χ2v) is 25.9. The second kappa shape index (κ2) is 30.0. The lowest BCUT2D eigenvalue weighted by atomic mass is 9.78. The van der Waals surface area contributed by atoms with Crippen LogP contribution in [0.5, 0.6) is 0 Å². The maximum atomic E-state index is 14.6. The minimum Gasteiger partial charge on any atom is -0.460 e. The van der Waals surface area contributed by atoms with Gasteiger partial charge in [-0.05, 0) is 139 Å². The van der Waals surface area contributed by atoms with Gasteiger partial charge in [0.1, 0.15) is 30.1 Å². The lowest BCUT2D eigenvalue weighted by Crippen LogP contribution is -2.61. The quantitative estimate of drug-likeness (QED) is 0.0772. The van der Waals surface area contributed by atoms with Gasteiger partial charge in [-0.1, -0.05) is 84.9 Å². The number of hydrogen-bond acceptors (Lipinski definition) is 15. The Kier molecular flexibility index (Phi) is 25.8. The van der Waals surface area contributed by atoms with Crippen LogP contribution in [0.15, 0.2) is 47.6 Å². The molecule has 1 aliphatic carbocycles. The first-order chi connectivity index (χ1) is 35.7. The van der Waals surface area contributed by atoms with Crippen LogP contribution in [0.25, 0.3) is 0 Å². The summed E-state index contributed by atoms with van der Waals surface area (Å²) in [5.41, 5.74) is 0.640. The number of fused-ring (bicyclic) bond motifs is 3. The predicted octanol–water partition coefficient (Wildman–Crippen LogP) is 8.61. The molecule has 0 spiro atoms. The van der Waals surface area contributed by atoms with Gasteiger partial charge in [0.25, 0.3) is 11.7 Å². The molecule has 4 N–H and O–H groups in total. The van der Waals surface area contributed by atoms with Crippen molar-refractivity contribution in [2.45, 2.75) is 231 Å². The monoisotopic (exact) mass is 1090 g/mol. The number of cyclic esters (lactones) is 1. The van der Waals surface area contributed by atoms with Gasteiger partial charge in [0, 0.05) is 62.7 Å². The van der Waals surface area contributed by atoms with Gasteiger partial charge in [0.05, 0.1) is 30.0 Å². The number of methoxy groups -OCH3 is 2. The van der Waals surface area contributed by atoms with Crippen molar-refractivity contribution in [2.24, 2.45) is 35.5 Å². The number of thioether (sulfide) groups is 1. The van der Waals surface area contributed by atoms with Crippen molar-refractivity contribution in [1.82, 2.24) is 4.90 Å². The average molecular weight is 1090 g/mol. The van der Waals surface area contributed by atoms with E-state index in [0.717, 1.165) is 11.3 Å². The second-order valence-electron chi connectivity index (χ2n) is 24.1. The fourth-order valence-electron chi connectivity index (χ4n) is 11.3. The molecular weight excluding hydrogens is 991 g/mol. The van der Waals surface area contributed by atoms with Crippen LogP contribution in [-0.4, -0.2) is 153 Å². The molecule has 4 rings (SSSR count). The first-order valence-electron chi connectivity index (χ1n) is 28.2. The molecule has 3 heterocycles. The Labute approximate surface area is 459 Å². The van der Waals surface area contributed by atoms with E-state index in [2.05, 4.69) is 13.8 Å². The number of rotatable bonds is 13. The lowest BCUT2D eigenvalue weighted by molar-refractivity contribution is -0.267. The number of amides is 1. The van der Waals surface area contributed by atoms with Crippen LogP contribution in [0.3, 0.4) is 0 Å². The summed E-state index contributed by atoms with van der Waals surface area (Å²) in [5.74, 6) is -7.43. The zero-order valence-corrected chi connectivity index (χ0v) is 49.1. The summed E-state index contributed by atoms with van der Waals surface area (Å²) in [6.07, 6.45) is 12.2. The number of aliphatic hydroxyl groups excluding tert-OH is 3. The molecule has 0 aromatic carbocycles. The Hall–Kier alpha value is -3.06. The molecule has 0 aromatic rings. The Morgan fingerprint density at radius 1 is 0.868 bits per heavy atom. The molecule has 3 aliphatic heterocycles. The molecule has 0 aromatic heterocycles. The highest BCUT2D eigenvalue weighted by Gasteiger charge is 2.53. The number of aliphatic hydroxyl groups is 4. The molecule has 16 heteroatoms. The van der Waals surface area contributed by atoms with Crippen molar-refractivity contribution in [2.75, 3.05) is 33.1 Å². The number of esters is 1. The maximum Gasteiger partial charge on any atom is 0.329 e. The fourth-order valence-corrected chi connectivity index (χ4v) is 12.7. The number of ketones is 3. The van der Waals surface area contributed by atoms with E-state index in [1.807, 2.05) is 71.9 Å². The van der Waals surface area contributed by atoms with Crippen molar-refractivity contribution < 1.29 is 68.1 Å². The van der Waals surface area contributed by atoms with Crippen LogP contribution in [0.4, 0.5) is 0 Å². The summed E-state index contributed by atoms with van der Waals surface area (Å²) in [6.45, 7) is 21.2. The first-order valence-corrected chi connectivity index (χ1v) is 29.2. The van der Waals surface area contributed by atoms with Crippen LogP contribution in [0.2, 0.25) is 0 Å². The molecule has 2 bridgehead atoms. The lowest BCUT2D eigenvalue weighted by Gasteiger charge is -2.43. The molecule has 1 amide bonds. The molecule has 3 fully saturated rings. The summed E-state index contributed by atoms with van der Waals surface area (Å²) in [6, 6.07) is -1.17. The summed E-state index contributed by atoms with van der Waals surface area (Å²) in [5, 5.41) is 44.0. The average Bonchev–Trinajstić information content (AvgIpc) is 3.36. The van der Waals surface area contributed by atoms with Crippen LogP contribution in [-0.2, 0) is 47.7 Å². The minimum absolute atomic E-state index is 0.0127. The molecular formula is C60H97NO14S. The number of allylic oxidation sites excluding steroid dienone is 6. The Bertz CT molecular complexity index is 2050. The standard InChI is InChI=1S/C60H97NO14S/c1-37-19-15-14-16-20-38(2)50(75-58(8,9)27-30-76-59(10,11)26-29-62)35-45-24-22-43(7)60(70,74-45)55(67)56(68)61-28-18-17-21-46(61)57(69)73-49(40(4)33-44-23-25-47(63)51(34-44)71-12)36-48(64)39(3)32-42(6)53(66)54(72-13)52(65)41(5)31-37/h14-16,19-20,32,37,39-41,43-47,49-51,53-54,62-63,66,70H,17-18,21-31,33-36H2,1-13H3/b16-14+,19-15+,38-20+,42-32+/t37-,39-,40-,41-,43-,44+,45+,46+,47-,49+,50-,51-,53-,54+,60-/m1/s1. The SMILES string of the molecule is CO[C@@H]1C[C@H](C[C@@H](C)[C@@H]2CC(=O)[C@H](C)/C=C(\C)[C@@H](O)[C@@H](OC)C(=O)[C@H](C)C[C@H](C)/C=C/C=C/C=C(\C)[C@H](OC(C)(C)CCSC(C)(C)CCO)C[C@@H]3CC[C@@H](C)[C@@](O)(O3)C(=O)C(=O)N3CCCC[C@H]3C(=O)O2)CC[C@H]1O. The van der Waals surface area contributed by atoms with E-state index >= 15 is 0 Å². The molecule has 0 unspecified atom stereocenters. The number of carbonyl (C=O) groups excluding carboxylic acids is 5. The summed E-state index contributed by atoms with van der Waals surface area (Å²) >= 11 is 1.77. The van der Waals surface area contributed by atoms with Gasteiger partial charge in [0.2, 0.25) is 5.79 Å². The number of carbonyl (C=O) groups is 5. The first kappa shape index (κ1) is 65.5. The van der Waals surface area contributed by atoms with Gasteiger partial charge in [-0.3, -0.25) is 19.2 Å². The van der Waals surface area contributed by atoms with E-state index in [9.17, 15) is 44.4 Å². The highest BCUT2D eigenvalue weighted by molar-refractivity contribution is 8.00. The van der Waals surface area contributed by atoms with Crippen molar-refractivity contribution in [3.63, 3.8) is 0 Å². The molecule has 76 heavy (non-hydrogen) atoms. The Balaban J connectivity index is 1.74. The third-order valence-corrected chi connectivity index (χ3v) is 18.0. The largest absolute Gasteiger partial charge is 0.460 e. The molecule has 1 saturated carbocycles. The zero-order valence-electron chi connectivity index (χ0n) is 48.3. The molecule has 4 aliphatic rings. The summed E-state index contributed by atoms with van der Waals surface area (Å²) in [7, 11) is 2.95. The van der Waals surface area contributed by atoms with Crippen molar-refractivity contribution >= 4 is 41.0 Å². The van der Waals surface area contributed by atoms with Gasteiger partial charge < -0.3 is 49.0 Å². The zero-order chi connectivity index (χ0) is 56.7. The Morgan fingerprint density at radius 3 is 2.25 bits per heavy atom. The van der Waals surface area contributed by atoms with E-state index in [4.69, 9.17) is 23.7 Å². The van der Waals surface area contributed by atoms with Gasteiger partial charge in [0.15, 0.2) is 5.78 Å². The maximum absolute atomic E-state index is 14.6. The molecule has 0 radical (unpaired) electrons. The number of hydrogen-bond donors (Lipinski definition) is 4. The van der Waals surface area contributed by atoms with Crippen molar-refractivity contribution in [1.29, 1.82) is 0 Å². The highest BCUT2D eigenvalue weighted by Crippen LogP contribution is 2.39. The van der Waals surface area contributed by atoms with Gasteiger partial charge in [-0.2, -0.15) is 11.8 Å². The van der Waals surface area contributed by atoms with E-state index in [1.54, 1.807) is 45.7 Å². The van der Waals surface area contributed by atoms with E-state index in [-0.39, 0.29) is 72.6 Å². The highest BCUT2D eigenvalue weighted by atomic mass is 32.2. The van der Waals surface area contributed by atoms with E-state index < -0.39 is 89.5 Å². The van der Waals surface area contributed by atoms with Crippen molar-refractivity contribution in [3.8, 4) is 0 Å². The van der Waals surface area contributed by atoms with E-state index in [1.165, 1.54) is 12.0 Å².